The molecule has 0 saturated heterocycles. The predicted molar refractivity (Wildman–Crippen MR) is 96.6 cm³/mol. The van der Waals surface area contributed by atoms with Crippen LogP contribution in [0.2, 0.25) is 0 Å². The monoisotopic (exact) mass is 458 g/mol. The van der Waals surface area contributed by atoms with Crippen molar-refractivity contribution in [3.05, 3.63) is 65.8 Å². The molecule has 0 aliphatic heterocycles. The smallest absolute Gasteiger partial charge is 0.300 e. The number of anilines is 1. The number of methoxy groups -OCH3 is 1. The molecule has 0 radical (unpaired) electrons. The Labute approximate surface area is 154 Å². The van der Waals surface area contributed by atoms with Gasteiger partial charge in [-0.2, -0.15) is 0 Å². The molecule has 25 heavy (non-hydrogen) atoms. The van der Waals surface area contributed by atoms with E-state index < -0.39 is 27.1 Å². The maximum absolute atomic E-state index is 12.1. The van der Waals surface area contributed by atoms with Gasteiger partial charge in [0.15, 0.2) is 0 Å². The molecule has 0 fully saturated rings. The van der Waals surface area contributed by atoms with E-state index in [0.717, 1.165) is 18.2 Å². The number of hydrogen-bond donors (Lipinski definition) is 2. The molecule has 0 heterocycles. The first-order valence-electron chi connectivity index (χ1n) is 6.66. The van der Waals surface area contributed by atoms with Gasteiger partial charge in [-0.25, -0.2) is 0 Å². The number of nitrogens with one attached hydrogen (secondary N) is 2. The minimum atomic E-state index is -0.780. The molecule has 0 aliphatic carbocycles. The number of carbonyl (C=O) groups excluding carboxylic acids is 1. The predicted octanol–water partition coefficient (Wildman–Crippen LogP) is 2.87. The number of ether oxygens (including phenoxy) is 1. The Bertz CT molecular complexity index is 857. The molecule has 130 valence electrons. The van der Waals surface area contributed by atoms with Crippen molar-refractivity contribution in [2.75, 3.05) is 12.5 Å². The van der Waals surface area contributed by atoms with Crippen LogP contribution in [0.5, 0.6) is 5.75 Å². The molecule has 2 N–H and O–H groups in total. The molecule has 0 bridgehead atoms. The van der Waals surface area contributed by atoms with Crippen molar-refractivity contribution in [2.45, 2.75) is 0 Å². The number of nitrogens with zero attached hydrogens (tertiary/aromatic N) is 2. The SMILES string of the molecule is COc1ccc(C(=O)NNc2ccc([N+](=O)[O-])cc2[N+](=O)[O-])cc1I. The van der Waals surface area contributed by atoms with E-state index in [2.05, 4.69) is 10.9 Å². The fourth-order valence-electron chi connectivity index (χ4n) is 1.89. The van der Waals surface area contributed by atoms with Gasteiger partial charge in [0.1, 0.15) is 11.4 Å². The van der Waals surface area contributed by atoms with Crippen LogP contribution in [0.4, 0.5) is 17.1 Å². The summed E-state index contributed by atoms with van der Waals surface area (Å²) in [5.41, 5.74) is 4.01. The standard InChI is InChI=1S/C14H11IN4O6/c1-25-13-5-2-8(6-10(13)15)14(20)17-16-11-4-3-9(18(21)22)7-12(11)19(23)24/h2-7,16H,1H3,(H,17,20). The number of non-ortho nitro benzene ring substituents is 1. The molecule has 0 aromatic heterocycles. The largest absolute Gasteiger partial charge is 0.496 e. The zero-order valence-corrected chi connectivity index (χ0v) is 14.8. The van der Waals surface area contributed by atoms with Gasteiger partial charge in [0.25, 0.3) is 11.6 Å². The second-order valence-corrected chi connectivity index (χ2v) is 5.81. The highest BCUT2D eigenvalue weighted by molar-refractivity contribution is 14.1. The van der Waals surface area contributed by atoms with Crippen LogP contribution in [0.3, 0.4) is 0 Å². The first kappa shape index (κ1) is 18.4. The summed E-state index contributed by atoms with van der Waals surface area (Å²) in [4.78, 5) is 32.4. The number of benzene rings is 2. The van der Waals surface area contributed by atoms with E-state index in [4.69, 9.17) is 4.74 Å². The minimum Gasteiger partial charge on any atom is -0.496 e. The average molecular weight is 458 g/mol. The molecule has 0 aliphatic rings. The van der Waals surface area contributed by atoms with Crippen molar-refractivity contribution >= 4 is 45.6 Å². The van der Waals surface area contributed by atoms with E-state index in [1.165, 1.54) is 13.2 Å². The summed E-state index contributed by atoms with van der Waals surface area (Å²) >= 11 is 2.00. The lowest BCUT2D eigenvalue weighted by molar-refractivity contribution is -0.393. The van der Waals surface area contributed by atoms with E-state index in [-0.39, 0.29) is 5.69 Å². The Kier molecular flexibility index (Phi) is 5.69. The van der Waals surface area contributed by atoms with Gasteiger partial charge in [-0.05, 0) is 46.9 Å². The molecule has 0 unspecified atom stereocenters. The topological polar surface area (TPSA) is 137 Å². The molecule has 2 aromatic rings. The molecular weight excluding hydrogens is 447 g/mol. The van der Waals surface area contributed by atoms with E-state index in [9.17, 15) is 25.0 Å². The highest BCUT2D eigenvalue weighted by Gasteiger charge is 2.20. The number of hydrogen-bond acceptors (Lipinski definition) is 7. The first-order chi connectivity index (χ1) is 11.8. The highest BCUT2D eigenvalue weighted by Crippen LogP contribution is 2.28. The molecule has 1 amide bonds. The second kappa shape index (κ2) is 7.74. The summed E-state index contributed by atoms with van der Waals surface area (Å²) in [5.74, 6) is 0.0735. The number of amides is 1. The molecule has 0 spiro atoms. The van der Waals surface area contributed by atoms with Crippen LogP contribution in [-0.2, 0) is 0 Å². The second-order valence-electron chi connectivity index (χ2n) is 4.64. The van der Waals surface area contributed by atoms with E-state index in [1.807, 2.05) is 22.6 Å². The molecule has 11 heteroatoms. The Hall–Kier alpha value is -2.96. The van der Waals surface area contributed by atoms with Crippen molar-refractivity contribution in [3.8, 4) is 5.75 Å². The molecule has 0 saturated carbocycles. The van der Waals surface area contributed by atoms with Crippen LogP contribution in [0.15, 0.2) is 36.4 Å². The summed E-state index contributed by atoms with van der Waals surface area (Å²) in [6.07, 6.45) is 0. The summed E-state index contributed by atoms with van der Waals surface area (Å²) in [5, 5.41) is 21.7. The van der Waals surface area contributed by atoms with Crippen molar-refractivity contribution < 1.29 is 19.4 Å². The summed E-state index contributed by atoms with van der Waals surface area (Å²) < 4.78 is 5.81. The van der Waals surface area contributed by atoms with Gasteiger partial charge in [-0.1, -0.05) is 0 Å². The number of carbonyl (C=O) groups is 1. The summed E-state index contributed by atoms with van der Waals surface area (Å²) in [7, 11) is 1.51. The van der Waals surface area contributed by atoms with Gasteiger partial charge >= 0.3 is 5.69 Å². The van der Waals surface area contributed by atoms with Crippen LogP contribution in [0, 0.1) is 23.8 Å². The molecule has 10 nitrogen and oxygen atoms in total. The molecule has 2 rings (SSSR count). The van der Waals surface area contributed by atoms with Crippen LogP contribution >= 0.6 is 22.6 Å². The van der Waals surface area contributed by atoms with Crippen molar-refractivity contribution in [1.29, 1.82) is 0 Å². The van der Waals surface area contributed by atoms with E-state index in [0.29, 0.717) is 14.9 Å². The van der Waals surface area contributed by atoms with Gasteiger partial charge in [-0.15, -0.1) is 0 Å². The van der Waals surface area contributed by atoms with Crippen molar-refractivity contribution in [3.63, 3.8) is 0 Å². The molecule has 0 atom stereocenters. The maximum atomic E-state index is 12.1. The number of halogens is 1. The average Bonchev–Trinajstić information content (AvgIpc) is 2.59. The number of rotatable bonds is 6. The van der Waals surface area contributed by atoms with E-state index in [1.54, 1.807) is 12.1 Å². The van der Waals surface area contributed by atoms with Gasteiger partial charge in [0.05, 0.1) is 26.6 Å². The highest BCUT2D eigenvalue weighted by atomic mass is 127. The fourth-order valence-corrected chi connectivity index (χ4v) is 2.63. The van der Waals surface area contributed by atoms with Crippen molar-refractivity contribution in [1.82, 2.24) is 5.43 Å². The minimum absolute atomic E-state index is 0.0767. The molecule has 2 aromatic carbocycles. The van der Waals surface area contributed by atoms with Crippen LogP contribution in [-0.4, -0.2) is 22.9 Å². The Morgan fingerprint density at radius 1 is 1.12 bits per heavy atom. The lowest BCUT2D eigenvalue weighted by Gasteiger charge is -2.10. The Morgan fingerprint density at radius 2 is 1.84 bits per heavy atom. The van der Waals surface area contributed by atoms with Crippen LogP contribution in [0.25, 0.3) is 0 Å². The Morgan fingerprint density at radius 3 is 2.40 bits per heavy atom. The lowest BCUT2D eigenvalue weighted by atomic mass is 10.2. The zero-order valence-electron chi connectivity index (χ0n) is 12.7. The summed E-state index contributed by atoms with van der Waals surface area (Å²) in [6, 6.07) is 7.78. The third kappa shape index (κ3) is 4.32. The van der Waals surface area contributed by atoms with Crippen LogP contribution in [0.1, 0.15) is 10.4 Å². The normalized spacial score (nSPS) is 10.0. The quantitative estimate of drug-likeness (QED) is 0.386. The van der Waals surface area contributed by atoms with Gasteiger partial charge < -0.3 is 4.74 Å². The fraction of sp³-hybridized carbons (Fsp3) is 0.0714. The van der Waals surface area contributed by atoms with Crippen LogP contribution < -0.4 is 15.6 Å². The maximum Gasteiger partial charge on any atom is 0.300 e. The van der Waals surface area contributed by atoms with Gasteiger partial charge in [-0.3, -0.25) is 35.9 Å². The lowest BCUT2D eigenvalue weighted by Crippen LogP contribution is -2.29. The van der Waals surface area contributed by atoms with Gasteiger partial charge in [0, 0.05) is 11.6 Å². The third-order valence-electron chi connectivity index (χ3n) is 3.11. The number of nitro groups is 2. The Balaban J connectivity index is 2.17. The zero-order chi connectivity index (χ0) is 18.6. The third-order valence-corrected chi connectivity index (χ3v) is 3.96. The van der Waals surface area contributed by atoms with Gasteiger partial charge in [0.2, 0.25) is 0 Å². The first-order valence-corrected chi connectivity index (χ1v) is 7.74. The number of nitro benzene ring substituents is 2. The number of hydrazine groups is 1. The summed E-state index contributed by atoms with van der Waals surface area (Å²) in [6.45, 7) is 0. The van der Waals surface area contributed by atoms with Crippen molar-refractivity contribution in [2.24, 2.45) is 0 Å². The molecular formula is C14H11IN4O6. The van der Waals surface area contributed by atoms with E-state index >= 15 is 0 Å².